The summed E-state index contributed by atoms with van der Waals surface area (Å²) in [4.78, 5) is 27.7. The van der Waals surface area contributed by atoms with E-state index in [4.69, 9.17) is 11.6 Å². The molecule has 33 heavy (non-hydrogen) atoms. The van der Waals surface area contributed by atoms with Crippen molar-refractivity contribution in [3.8, 4) is 0 Å². The molecule has 0 aliphatic carbocycles. The van der Waals surface area contributed by atoms with E-state index in [2.05, 4.69) is 27.9 Å². The molecule has 0 spiro atoms. The second-order valence-electron chi connectivity index (χ2n) is 7.89. The predicted molar refractivity (Wildman–Crippen MR) is 141 cm³/mol. The van der Waals surface area contributed by atoms with Crippen LogP contribution in [0, 0.1) is 3.57 Å². The van der Waals surface area contributed by atoms with Gasteiger partial charge in [-0.05, 0) is 84.8 Å². The predicted octanol–water partition coefficient (Wildman–Crippen LogP) is 4.04. The second-order valence-corrected chi connectivity index (χ2v) is 11.5. The van der Waals surface area contributed by atoms with Gasteiger partial charge in [0.15, 0.2) is 0 Å². The maximum Gasteiger partial charge on any atom is 0.244 e. The van der Waals surface area contributed by atoms with Gasteiger partial charge >= 0.3 is 0 Å². The molecule has 0 saturated heterocycles. The van der Waals surface area contributed by atoms with Crippen molar-refractivity contribution in [1.82, 2.24) is 10.2 Å². The number of sulfonamides is 1. The standard InChI is InChI=1S/C23H29ClIN3O4S/c1-5-16(2)26-23(30)17(3)27(14-18-6-8-19(24)9-7-18)22(29)15-28(33(4,31)32)21-12-10-20(25)11-13-21/h6-13,16-17H,5,14-15H2,1-4H3,(H,26,30)/t16-,17-/m0/s1. The van der Waals surface area contributed by atoms with Gasteiger partial charge < -0.3 is 10.2 Å². The lowest BCUT2D eigenvalue weighted by Gasteiger charge is -2.32. The number of carbonyl (C=O) groups excluding carboxylic acids is 2. The molecule has 0 saturated carbocycles. The van der Waals surface area contributed by atoms with Crippen molar-refractivity contribution in [1.29, 1.82) is 0 Å². The molecule has 1 N–H and O–H groups in total. The topological polar surface area (TPSA) is 86.8 Å². The zero-order valence-electron chi connectivity index (χ0n) is 19.1. The van der Waals surface area contributed by atoms with Crippen LogP contribution >= 0.6 is 34.2 Å². The molecule has 2 aromatic rings. The van der Waals surface area contributed by atoms with E-state index >= 15 is 0 Å². The first kappa shape index (κ1) is 27.4. The van der Waals surface area contributed by atoms with Crippen LogP contribution in [0.25, 0.3) is 0 Å². The summed E-state index contributed by atoms with van der Waals surface area (Å²) in [6.07, 6.45) is 1.80. The zero-order valence-corrected chi connectivity index (χ0v) is 22.8. The van der Waals surface area contributed by atoms with Gasteiger partial charge in [0.1, 0.15) is 12.6 Å². The van der Waals surface area contributed by atoms with Crippen molar-refractivity contribution >= 4 is 61.7 Å². The lowest BCUT2D eigenvalue weighted by atomic mass is 10.1. The number of hydrogen-bond donors (Lipinski definition) is 1. The number of benzene rings is 2. The van der Waals surface area contributed by atoms with Crippen LogP contribution in [0.15, 0.2) is 48.5 Å². The van der Waals surface area contributed by atoms with Crippen LogP contribution in [-0.2, 0) is 26.2 Å². The van der Waals surface area contributed by atoms with Crippen LogP contribution in [0.1, 0.15) is 32.8 Å². The monoisotopic (exact) mass is 605 g/mol. The Morgan fingerprint density at radius 1 is 1.06 bits per heavy atom. The molecule has 0 unspecified atom stereocenters. The third kappa shape index (κ3) is 8.15. The van der Waals surface area contributed by atoms with Crippen molar-refractivity contribution in [2.24, 2.45) is 0 Å². The highest BCUT2D eigenvalue weighted by Gasteiger charge is 2.30. The first-order chi connectivity index (χ1) is 15.4. The maximum absolute atomic E-state index is 13.4. The zero-order chi connectivity index (χ0) is 24.8. The summed E-state index contributed by atoms with van der Waals surface area (Å²) in [7, 11) is -3.74. The van der Waals surface area contributed by atoms with Crippen molar-refractivity contribution in [3.05, 3.63) is 62.7 Å². The van der Waals surface area contributed by atoms with Gasteiger partial charge in [-0.2, -0.15) is 0 Å². The Labute approximate surface area is 214 Å². The van der Waals surface area contributed by atoms with E-state index in [0.717, 1.165) is 26.1 Å². The fourth-order valence-corrected chi connectivity index (χ4v) is 4.39. The van der Waals surface area contributed by atoms with E-state index in [-0.39, 0.29) is 18.5 Å². The van der Waals surface area contributed by atoms with Crippen LogP contribution in [0.3, 0.4) is 0 Å². The molecule has 0 aliphatic heterocycles. The number of anilines is 1. The SMILES string of the molecule is CC[C@H](C)NC(=O)[C@H](C)N(Cc1ccc(Cl)cc1)C(=O)CN(c1ccc(I)cc1)S(C)(=O)=O. The highest BCUT2D eigenvalue weighted by molar-refractivity contribution is 14.1. The number of nitrogens with one attached hydrogen (secondary N) is 1. The number of hydrogen-bond acceptors (Lipinski definition) is 4. The van der Waals surface area contributed by atoms with Gasteiger partial charge in [0.2, 0.25) is 21.8 Å². The summed E-state index contributed by atoms with van der Waals surface area (Å²) in [5, 5.41) is 3.45. The van der Waals surface area contributed by atoms with Crippen LogP contribution in [0.5, 0.6) is 0 Å². The summed E-state index contributed by atoms with van der Waals surface area (Å²) < 4.78 is 27.0. The highest BCUT2D eigenvalue weighted by Crippen LogP contribution is 2.21. The number of amides is 2. The van der Waals surface area contributed by atoms with Gasteiger partial charge in [0, 0.05) is 21.2 Å². The molecule has 0 heterocycles. The number of nitrogens with zero attached hydrogens (tertiary/aromatic N) is 2. The Morgan fingerprint density at radius 3 is 2.15 bits per heavy atom. The molecule has 7 nitrogen and oxygen atoms in total. The minimum Gasteiger partial charge on any atom is -0.352 e. The molecule has 0 aromatic heterocycles. The highest BCUT2D eigenvalue weighted by atomic mass is 127. The Balaban J connectivity index is 2.36. The molecule has 0 bridgehead atoms. The summed E-state index contributed by atoms with van der Waals surface area (Å²) in [5.74, 6) is -0.785. The van der Waals surface area contributed by atoms with Gasteiger partial charge in [-0.1, -0.05) is 30.7 Å². The van der Waals surface area contributed by atoms with Crippen molar-refractivity contribution < 1.29 is 18.0 Å². The van der Waals surface area contributed by atoms with E-state index in [1.165, 1.54) is 4.90 Å². The van der Waals surface area contributed by atoms with Crippen LogP contribution in [-0.4, -0.2) is 50.0 Å². The molecule has 0 radical (unpaired) electrons. The number of halogens is 2. The molecular formula is C23H29ClIN3O4S. The minimum atomic E-state index is -3.74. The molecule has 2 aromatic carbocycles. The lowest BCUT2D eigenvalue weighted by Crippen LogP contribution is -2.52. The third-order valence-corrected chi connectivity index (χ3v) is 7.34. The molecule has 0 fully saturated rings. The molecular weight excluding hydrogens is 577 g/mol. The Bertz CT molecular complexity index is 1060. The summed E-state index contributed by atoms with van der Waals surface area (Å²) in [6, 6.07) is 12.9. The van der Waals surface area contributed by atoms with Gasteiger partial charge in [-0.3, -0.25) is 13.9 Å². The van der Waals surface area contributed by atoms with Gasteiger partial charge in [-0.15, -0.1) is 0 Å². The Hall–Kier alpha value is -1.85. The maximum atomic E-state index is 13.4. The molecule has 0 aliphatic rings. The molecule has 2 rings (SSSR count). The molecule has 2 atom stereocenters. The van der Waals surface area contributed by atoms with Gasteiger partial charge in [-0.25, -0.2) is 8.42 Å². The Kier molecular flexibility index (Phi) is 9.99. The van der Waals surface area contributed by atoms with E-state index in [1.54, 1.807) is 55.5 Å². The largest absolute Gasteiger partial charge is 0.352 e. The van der Waals surface area contributed by atoms with E-state index in [0.29, 0.717) is 10.7 Å². The van der Waals surface area contributed by atoms with Crippen LogP contribution in [0.2, 0.25) is 5.02 Å². The van der Waals surface area contributed by atoms with Gasteiger partial charge in [0.25, 0.3) is 0 Å². The first-order valence-corrected chi connectivity index (χ1v) is 13.8. The summed E-state index contributed by atoms with van der Waals surface area (Å²) in [6.45, 7) is 5.19. The fourth-order valence-electron chi connectivity index (χ4n) is 3.06. The van der Waals surface area contributed by atoms with Crippen molar-refractivity contribution in [2.75, 3.05) is 17.1 Å². The average Bonchev–Trinajstić information content (AvgIpc) is 2.76. The molecule has 2 amide bonds. The number of rotatable bonds is 10. The number of carbonyl (C=O) groups is 2. The smallest absolute Gasteiger partial charge is 0.244 e. The first-order valence-electron chi connectivity index (χ1n) is 10.5. The lowest BCUT2D eigenvalue weighted by molar-refractivity contribution is -0.139. The van der Waals surface area contributed by atoms with Crippen molar-refractivity contribution in [2.45, 2.75) is 45.8 Å². The van der Waals surface area contributed by atoms with Gasteiger partial charge in [0.05, 0.1) is 11.9 Å². The quantitative estimate of drug-likeness (QED) is 0.414. The summed E-state index contributed by atoms with van der Waals surface area (Å²) in [5.41, 5.74) is 1.16. The van der Waals surface area contributed by atoms with Crippen LogP contribution in [0.4, 0.5) is 5.69 Å². The van der Waals surface area contributed by atoms with E-state index in [1.807, 2.05) is 13.8 Å². The minimum absolute atomic E-state index is 0.0493. The second kappa shape index (κ2) is 12.0. The van der Waals surface area contributed by atoms with E-state index in [9.17, 15) is 18.0 Å². The van der Waals surface area contributed by atoms with E-state index < -0.39 is 28.5 Å². The molecule has 180 valence electrons. The van der Waals surface area contributed by atoms with Crippen LogP contribution < -0.4 is 9.62 Å². The Morgan fingerprint density at radius 2 is 1.64 bits per heavy atom. The normalized spacial score (nSPS) is 13.2. The summed E-state index contributed by atoms with van der Waals surface area (Å²) >= 11 is 8.10. The molecule has 10 heteroatoms. The average molecular weight is 606 g/mol. The fraction of sp³-hybridized carbons (Fsp3) is 0.391. The van der Waals surface area contributed by atoms with Crippen molar-refractivity contribution in [3.63, 3.8) is 0 Å². The third-order valence-electron chi connectivity index (χ3n) is 5.23.